The Morgan fingerprint density at radius 1 is 1.24 bits per heavy atom. The Labute approximate surface area is 177 Å². The summed E-state index contributed by atoms with van der Waals surface area (Å²) in [5.41, 5.74) is 1.56. The lowest BCUT2D eigenvalue weighted by Gasteiger charge is -2.41. The van der Waals surface area contributed by atoms with Gasteiger partial charge in [0.2, 0.25) is 0 Å². The summed E-state index contributed by atoms with van der Waals surface area (Å²) in [6, 6.07) is 8.35. The molecule has 2 N–H and O–H groups in total. The van der Waals surface area contributed by atoms with Crippen molar-refractivity contribution < 1.29 is 19.5 Å². The van der Waals surface area contributed by atoms with Crippen molar-refractivity contribution in [1.29, 1.82) is 5.26 Å². The van der Waals surface area contributed by atoms with Crippen LogP contribution in [0.5, 0.6) is 11.5 Å². The van der Waals surface area contributed by atoms with E-state index in [2.05, 4.69) is 11.0 Å². The van der Waals surface area contributed by atoms with E-state index in [0.717, 1.165) is 31.2 Å². The summed E-state index contributed by atoms with van der Waals surface area (Å²) in [7, 11) is 1.63. The molecule has 1 saturated heterocycles. The fourth-order valence-electron chi connectivity index (χ4n) is 4.43. The number of halogens is 1. The summed E-state index contributed by atoms with van der Waals surface area (Å²) >= 11 is 0. The minimum atomic E-state index is -0.605. The van der Waals surface area contributed by atoms with Crippen molar-refractivity contribution in [3.8, 4) is 17.6 Å². The Morgan fingerprint density at radius 3 is 2.41 bits per heavy atom. The number of nitrogens with zero attached hydrogens (tertiary/aromatic N) is 2. The number of carbonyl (C=O) groups excluding carboxylic acids is 1. The maximum Gasteiger partial charge on any atom is 0.263 e. The molecule has 2 aliphatic carbocycles. The van der Waals surface area contributed by atoms with Gasteiger partial charge in [-0.1, -0.05) is 6.07 Å². The number of hydroxylamine groups is 1. The van der Waals surface area contributed by atoms with Gasteiger partial charge in [0, 0.05) is 13.1 Å². The molecular formula is C21H28ClN3O4. The van der Waals surface area contributed by atoms with E-state index >= 15 is 0 Å². The second-order valence-electron chi connectivity index (χ2n) is 8.19. The number of piperidine rings is 1. The van der Waals surface area contributed by atoms with Gasteiger partial charge in [0.1, 0.15) is 5.54 Å². The molecule has 0 bridgehead atoms. The zero-order valence-electron chi connectivity index (χ0n) is 16.6. The van der Waals surface area contributed by atoms with Gasteiger partial charge in [-0.2, -0.15) is 5.26 Å². The van der Waals surface area contributed by atoms with E-state index in [1.807, 2.05) is 18.2 Å². The number of hydrogen-bond donors (Lipinski definition) is 2. The van der Waals surface area contributed by atoms with Gasteiger partial charge in [0.15, 0.2) is 11.5 Å². The van der Waals surface area contributed by atoms with Crippen LogP contribution in [0.15, 0.2) is 18.2 Å². The summed E-state index contributed by atoms with van der Waals surface area (Å²) in [6.45, 7) is 1.29. The predicted octanol–water partition coefficient (Wildman–Crippen LogP) is 2.94. The lowest BCUT2D eigenvalue weighted by Crippen LogP contribution is -2.53. The van der Waals surface area contributed by atoms with Gasteiger partial charge in [0.25, 0.3) is 5.91 Å². The topological polar surface area (TPSA) is 94.8 Å². The number of nitriles is 1. The highest BCUT2D eigenvalue weighted by molar-refractivity contribution is 5.88. The normalized spacial score (nSPS) is 22.4. The van der Waals surface area contributed by atoms with E-state index in [1.165, 1.54) is 6.42 Å². The number of hydrogen-bond acceptors (Lipinski definition) is 6. The molecule has 4 rings (SSSR count). The van der Waals surface area contributed by atoms with Crippen LogP contribution in [0.2, 0.25) is 0 Å². The number of methoxy groups -OCH3 is 1. The molecule has 1 aromatic rings. The monoisotopic (exact) mass is 421 g/mol. The van der Waals surface area contributed by atoms with Crippen molar-refractivity contribution in [2.24, 2.45) is 0 Å². The Balaban J connectivity index is 0.00000240. The fraction of sp³-hybridized carbons (Fsp3) is 0.619. The highest BCUT2D eigenvalue weighted by Crippen LogP contribution is 2.47. The number of rotatable bonds is 6. The molecule has 8 heteroatoms. The first-order valence-corrected chi connectivity index (χ1v) is 10.0. The minimum Gasteiger partial charge on any atom is -0.493 e. The highest BCUT2D eigenvalue weighted by atomic mass is 35.5. The number of nitrogens with one attached hydrogen (secondary N) is 1. The highest BCUT2D eigenvalue weighted by Gasteiger charge is 2.56. The third-order valence-electron chi connectivity index (χ3n) is 6.75. The molecule has 1 aromatic carbocycles. The predicted molar refractivity (Wildman–Crippen MR) is 109 cm³/mol. The minimum absolute atomic E-state index is 0. The second-order valence-corrected chi connectivity index (χ2v) is 8.19. The van der Waals surface area contributed by atoms with Crippen LogP contribution >= 0.6 is 12.4 Å². The Morgan fingerprint density at radius 2 is 1.93 bits per heavy atom. The van der Waals surface area contributed by atoms with Gasteiger partial charge in [-0.25, -0.2) is 5.48 Å². The van der Waals surface area contributed by atoms with Crippen molar-refractivity contribution in [1.82, 2.24) is 10.4 Å². The Hall–Kier alpha value is -2.01. The lowest BCUT2D eigenvalue weighted by atomic mass is 9.73. The standard InChI is InChI=1S/C21H27N3O4.ClH/c1-27-17-6-5-15(13-18(17)28-16-3-2-4-16)20(14-22)9-11-24(12-10-20)21(7-8-21)19(25)23-26;/h5-6,13,16,26H,2-4,7-12H2,1H3,(H,23,25);1H. The molecule has 1 amide bonds. The third-order valence-corrected chi connectivity index (χ3v) is 6.75. The molecule has 7 nitrogen and oxygen atoms in total. The molecule has 1 heterocycles. The third kappa shape index (κ3) is 3.77. The average Bonchev–Trinajstić information content (AvgIpc) is 3.52. The zero-order valence-corrected chi connectivity index (χ0v) is 17.5. The van der Waals surface area contributed by atoms with Gasteiger partial charge in [-0.3, -0.25) is 14.9 Å². The maximum atomic E-state index is 12.0. The van der Waals surface area contributed by atoms with Gasteiger partial charge >= 0.3 is 0 Å². The Bertz CT molecular complexity index is 794. The molecule has 0 radical (unpaired) electrons. The van der Waals surface area contributed by atoms with E-state index in [0.29, 0.717) is 37.4 Å². The maximum absolute atomic E-state index is 12.0. The molecular weight excluding hydrogens is 394 g/mol. The van der Waals surface area contributed by atoms with Crippen LogP contribution in [-0.2, 0) is 10.2 Å². The fourth-order valence-corrected chi connectivity index (χ4v) is 4.43. The Kier molecular flexibility index (Phi) is 6.27. The van der Waals surface area contributed by atoms with Gasteiger partial charge in [-0.15, -0.1) is 12.4 Å². The number of benzene rings is 1. The van der Waals surface area contributed by atoms with E-state index in [9.17, 15) is 10.1 Å². The van der Waals surface area contributed by atoms with E-state index in [4.69, 9.17) is 14.7 Å². The largest absolute Gasteiger partial charge is 0.493 e. The van der Waals surface area contributed by atoms with Gasteiger partial charge in [-0.05, 0) is 62.6 Å². The molecule has 0 spiro atoms. The molecule has 2 saturated carbocycles. The van der Waals surface area contributed by atoms with Crippen molar-refractivity contribution >= 4 is 18.3 Å². The van der Waals surface area contributed by atoms with Crippen molar-refractivity contribution in [2.75, 3.05) is 20.2 Å². The van der Waals surface area contributed by atoms with Crippen molar-refractivity contribution in [3.05, 3.63) is 23.8 Å². The number of carbonyl (C=O) groups is 1. The van der Waals surface area contributed by atoms with Crippen LogP contribution in [0.4, 0.5) is 0 Å². The molecule has 1 aliphatic heterocycles. The summed E-state index contributed by atoms with van der Waals surface area (Å²) in [5.74, 6) is 1.07. The van der Waals surface area contributed by atoms with Crippen molar-refractivity contribution in [3.63, 3.8) is 0 Å². The van der Waals surface area contributed by atoms with Crippen LogP contribution in [0, 0.1) is 11.3 Å². The molecule has 158 valence electrons. The SMILES string of the molecule is COc1ccc(C2(C#N)CCN(C3(C(=O)NO)CC3)CC2)cc1OC1CCC1.Cl. The molecule has 0 aromatic heterocycles. The van der Waals surface area contributed by atoms with Crippen LogP contribution < -0.4 is 15.0 Å². The number of ether oxygens (including phenoxy) is 2. The molecule has 0 unspecified atom stereocenters. The summed E-state index contributed by atoms with van der Waals surface area (Å²) < 4.78 is 11.5. The van der Waals surface area contributed by atoms with Crippen molar-refractivity contribution in [2.45, 2.75) is 62.0 Å². The first-order valence-electron chi connectivity index (χ1n) is 10.0. The second kappa shape index (κ2) is 8.39. The zero-order chi connectivity index (χ0) is 19.8. The van der Waals surface area contributed by atoms with E-state index < -0.39 is 11.0 Å². The first kappa shape index (κ1) is 21.7. The first-order chi connectivity index (χ1) is 13.6. The molecule has 0 atom stereocenters. The average molecular weight is 422 g/mol. The molecule has 29 heavy (non-hydrogen) atoms. The summed E-state index contributed by atoms with van der Waals surface area (Å²) in [6.07, 6.45) is 6.31. The van der Waals surface area contributed by atoms with E-state index in [-0.39, 0.29) is 24.4 Å². The molecule has 3 fully saturated rings. The van der Waals surface area contributed by atoms with E-state index in [1.54, 1.807) is 12.6 Å². The summed E-state index contributed by atoms with van der Waals surface area (Å²) in [5, 5.41) is 19.1. The number of likely N-dealkylation sites (tertiary alicyclic amines) is 1. The van der Waals surface area contributed by atoms with Crippen LogP contribution in [0.25, 0.3) is 0 Å². The van der Waals surface area contributed by atoms with Crippen LogP contribution in [-0.4, -0.2) is 47.9 Å². The van der Waals surface area contributed by atoms with Crippen LogP contribution in [0.3, 0.4) is 0 Å². The molecule has 3 aliphatic rings. The van der Waals surface area contributed by atoms with Gasteiger partial charge in [0.05, 0.1) is 24.7 Å². The summed E-state index contributed by atoms with van der Waals surface area (Å²) in [4.78, 5) is 14.2. The van der Waals surface area contributed by atoms with Gasteiger partial charge < -0.3 is 9.47 Å². The van der Waals surface area contributed by atoms with Crippen LogP contribution in [0.1, 0.15) is 50.5 Å². The number of amides is 1. The quantitative estimate of drug-likeness (QED) is 0.541. The smallest absolute Gasteiger partial charge is 0.263 e. The lowest BCUT2D eigenvalue weighted by molar-refractivity contribution is -0.137.